The average Bonchev–Trinajstić information content (AvgIpc) is 2.94. The lowest BCUT2D eigenvalue weighted by Gasteiger charge is -2.20. The van der Waals surface area contributed by atoms with Crippen molar-refractivity contribution < 1.29 is 28.2 Å². The predicted octanol–water partition coefficient (Wildman–Crippen LogP) is 4.93. The van der Waals surface area contributed by atoms with Gasteiger partial charge in [-0.3, -0.25) is 14.8 Å². The number of amides is 1. The highest BCUT2D eigenvalue weighted by Gasteiger charge is 2.26. The van der Waals surface area contributed by atoms with Crippen molar-refractivity contribution in [1.29, 1.82) is 0 Å². The summed E-state index contributed by atoms with van der Waals surface area (Å²) in [6, 6.07) is 1.53. The smallest absolute Gasteiger partial charge is 0.412 e. The van der Waals surface area contributed by atoms with Gasteiger partial charge in [0, 0.05) is 11.6 Å². The van der Waals surface area contributed by atoms with E-state index in [9.17, 15) is 18.4 Å². The normalized spacial score (nSPS) is 11.3. The molecule has 1 amide bonds. The van der Waals surface area contributed by atoms with Crippen LogP contribution in [-0.2, 0) is 16.0 Å². The van der Waals surface area contributed by atoms with E-state index in [1.165, 1.54) is 4.68 Å². The minimum atomic E-state index is -1.38. The highest BCUT2D eigenvalue weighted by molar-refractivity contribution is 5.93. The summed E-state index contributed by atoms with van der Waals surface area (Å²) in [5.41, 5.74) is -1.60. The zero-order valence-corrected chi connectivity index (χ0v) is 17.2. The number of carboxylic acids is 1. The Labute approximate surface area is 172 Å². The number of anilines is 1. The molecule has 0 radical (unpaired) electrons. The van der Waals surface area contributed by atoms with E-state index in [2.05, 4.69) is 15.3 Å². The molecule has 1 aromatic heterocycles. The maximum atomic E-state index is 14.3. The molecule has 0 unspecified atom stereocenters. The third kappa shape index (κ3) is 5.11. The number of hydrogen-bond donors (Lipinski definition) is 2. The van der Waals surface area contributed by atoms with Gasteiger partial charge < -0.3 is 9.84 Å². The van der Waals surface area contributed by atoms with Crippen molar-refractivity contribution in [3.63, 3.8) is 0 Å². The van der Waals surface area contributed by atoms with Crippen molar-refractivity contribution in [1.82, 2.24) is 9.78 Å². The van der Waals surface area contributed by atoms with Crippen LogP contribution in [0.2, 0.25) is 0 Å². The van der Waals surface area contributed by atoms with Gasteiger partial charge in [-0.1, -0.05) is 0 Å². The van der Waals surface area contributed by atoms with Gasteiger partial charge in [-0.15, -0.1) is 0 Å². The third-order valence-electron chi connectivity index (χ3n) is 3.85. The molecule has 10 heteroatoms. The van der Waals surface area contributed by atoms with Gasteiger partial charge in [0.15, 0.2) is 0 Å². The Hall–Kier alpha value is -3.48. The molecule has 0 atom stereocenters. The SMILES string of the molecule is [C-]#[N+]c1c(-c2cc(F)c(CC(=O)O)c(F)c2)nn(C(C)C)c1NC(=O)OC(C)(C)C. The summed E-state index contributed by atoms with van der Waals surface area (Å²) >= 11 is 0. The van der Waals surface area contributed by atoms with Gasteiger partial charge in [-0.05, 0) is 52.3 Å². The van der Waals surface area contributed by atoms with Crippen LogP contribution in [0.5, 0.6) is 0 Å². The Morgan fingerprint density at radius 2 is 1.87 bits per heavy atom. The lowest BCUT2D eigenvalue weighted by molar-refractivity contribution is -0.136. The van der Waals surface area contributed by atoms with Crippen LogP contribution < -0.4 is 5.32 Å². The molecular formula is C20H22F2N4O4. The Balaban J connectivity index is 2.59. The largest absolute Gasteiger partial charge is 0.481 e. The summed E-state index contributed by atoms with van der Waals surface area (Å²) in [6.45, 7) is 16.0. The predicted molar refractivity (Wildman–Crippen MR) is 105 cm³/mol. The van der Waals surface area contributed by atoms with Crippen LogP contribution in [0, 0.1) is 18.2 Å². The van der Waals surface area contributed by atoms with E-state index in [-0.39, 0.29) is 28.8 Å². The number of halogens is 2. The van der Waals surface area contributed by atoms with Crippen molar-refractivity contribution in [2.75, 3.05) is 5.32 Å². The fourth-order valence-electron chi connectivity index (χ4n) is 2.68. The van der Waals surface area contributed by atoms with Crippen LogP contribution >= 0.6 is 0 Å². The second-order valence-electron chi connectivity index (χ2n) is 7.81. The molecule has 0 aliphatic rings. The average molecular weight is 420 g/mol. The zero-order chi connectivity index (χ0) is 22.8. The maximum absolute atomic E-state index is 14.3. The Kier molecular flexibility index (Phi) is 6.45. The summed E-state index contributed by atoms with van der Waals surface area (Å²) in [5, 5.41) is 15.5. The number of nitrogens with zero attached hydrogens (tertiary/aromatic N) is 3. The molecule has 0 aliphatic carbocycles. The summed E-state index contributed by atoms with van der Waals surface area (Å²) in [5.74, 6) is -3.48. The van der Waals surface area contributed by atoms with Crippen molar-refractivity contribution in [2.45, 2.75) is 52.7 Å². The summed E-state index contributed by atoms with van der Waals surface area (Å²) in [6.07, 6.45) is -1.63. The van der Waals surface area contributed by atoms with Crippen LogP contribution in [0.3, 0.4) is 0 Å². The van der Waals surface area contributed by atoms with Gasteiger partial charge in [-0.2, -0.15) is 5.10 Å². The van der Waals surface area contributed by atoms with Crippen molar-refractivity contribution in [3.05, 3.63) is 40.7 Å². The molecule has 160 valence electrons. The van der Waals surface area contributed by atoms with Crippen LogP contribution in [0.1, 0.15) is 46.2 Å². The van der Waals surface area contributed by atoms with E-state index in [0.29, 0.717) is 0 Å². The Bertz CT molecular complexity index is 1010. The van der Waals surface area contributed by atoms with Gasteiger partial charge >= 0.3 is 12.1 Å². The minimum Gasteiger partial charge on any atom is -0.481 e. The monoisotopic (exact) mass is 420 g/mol. The molecule has 0 saturated heterocycles. The van der Waals surface area contributed by atoms with Crippen molar-refractivity contribution in [2.24, 2.45) is 0 Å². The second-order valence-corrected chi connectivity index (χ2v) is 7.81. The maximum Gasteiger partial charge on any atom is 0.412 e. The van der Waals surface area contributed by atoms with Crippen LogP contribution in [-0.4, -0.2) is 32.6 Å². The lowest BCUT2D eigenvalue weighted by atomic mass is 10.0. The number of carboxylic acid groups (broad SMARTS) is 1. The number of aliphatic carboxylic acids is 1. The molecule has 1 aromatic carbocycles. The zero-order valence-electron chi connectivity index (χ0n) is 17.2. The van der Waals surface area contributed by atoms with Crippen LogP contribution in [0.4, 0.5) is 25.1 Å². The molecule has 2 rings (SSSR count). The number of benzene rings is 1. The summed E-state index contributed by atoms with van der Waals surface area (Å²) < 4.78 is 35.3. The molecule has 2 N–H and O–H groups in total. The molecule has 0 bridgehead atoms. The fraction of sp³-hybridized carbons (Fsp3) is 0.400. The topological polar surface area (TPSA) is 97.8 Å². The number of aromatic nitrogens is 2. The second kappa shape index (κ2) is 8.49. The number of nitrogens with one attached hydrogen (secondary N) is 1. The molecule has 0 saturated carbocycles. The van der Waals surface area contributed by atoms with Gasteiger partial charge in [0.1, 0.15) is 28.7 Å². The van der Waals surface area contributed by atoms with Crippen LogP contribution in [0.15, 0.2) is 12.1 Å². The first-order valence-electron chi connectivity index (χ1n) is 9.04. The summed E-state index contributed by atoms with van der Waals surface area (Å²) in [7, 11) is 0. The van der Waals surface area contributed by atoms with E-state index < -0.39 is 41.3 Å². The van der Waals surface area contributed by atoms with Gasteiger partial charge in [0.25, 0.3) is 5.69 Å². The van der Waals surface area contributed by atoms with Gasteiger partial charge in [0.2, 0.25) is 0 Å². The standard InChI is InChI=1S/C20H22F2N4O4/c1-10(2)26-18(24-19(29)30-20(3,4)5)17(23-6)16(25-26)11-7-13(21)12(9-15(27)28)14(22)8-11/h7-8,10H,9H2,1-5H3,(H,24,29)(H,27,28). The minimum absolute atomic E-state index is 0.0275. The van der Waals surface area contributed by atoms with Crippen molar-refractivity contribution >= 4 is 23.6 Å². The fourth-order valence-corrected chi connectivity index (χ4v) is 2.68. The molecule has 0 spiro atoms. The van der Waals surface area contributed by atoms with E-state index in [0.717, 1.165) is 12.1 Å². The molecule has 0 fully saturated rings. The first-order valence-corrected chi connectivity index (χ1v) is 9.04. The molecule has 0 aliphatic heterocycles. The number of hydrogen-bond acceptors (Lipinski definition) is 4. The van der Waals surface area contributed by atoms with Crippen molar-refractivity contribution in [3.8, 4) is 11.3 Å². The van der Waals surface area contributed by atoms with E-state index in [4.69, 9.17) is 16.4 Å². The molecule has 8 nitrogen and oxygen atoms in total. The highest BCUT2D eigenvalue weighted by atomic mass is 19.1. The Morgan fingerprint density at radius 1 is 1.30 bits per heavy atom. The molecule has 30 heavy (non-hydrogen) atoms. The molecule has 2 aromatic rings. The van der Waals surface area contributed by atoms with E-state index >= 15 is 0 Å². The van der Waals surface area contributed by atoms with Gasteiger partial charge in [-0.25, -0.2) is 18.4 Å². The first kappa shape index (κ1) is 22.8. The first-order chi connectivity index (χ1) is 13.8. The van der Waals surface area contributed by atoms with E-state index in [1.54, 1.807) is 34.6 Å². The Morgan fingerprint density at radius 3 is 2.30 bits per heavy atom. The number of rotatable bonds is 5. The summed E-state index contributed by atoms with van der Waals surface area (Å²) in [4.78, 5) is 26.4. The molecular weight excluding hydrogens is 398 g/mol. The highest BCUT2D eigenvalue weighted by Crippen LogP contribution is 2.39. The quantitative estimate of drug-likeness (QED) is 0.668. The number of carbonyl (C=O) groups excluding carboxylic acids is 1. The van der Waals surface area contributed by atoms with E-state index in [1.807, 2.05) is 0 Å². The van der Waals surface area contributed by atoms with Gasteiger partial charge in [0.05, 0.1) is 13.0 Å². The molecule has 1 heterocycles. The number of ether oxygens (including phenoxy) is 1. The lowest BCUT2D eigenvalue weighted by Crippen LogP contribution is -2.28. The number of carbonyl (C=O) groups is 2. The third-order valence-corrected chi connectivity index (χ3v) is 3.85. The van der Waals surface area contributed by atoms with Crippen LogP contribution in [0.25, 0.3) is 16.1 Å².